The second-order valence-corrected chi connectivity index (χ2v) is 4.99. The molecule has 1 atom stereocenters. The second-order valence-electron chi connectivity index (χ2n) is 4.99. The van der Waals surface area contributed by atoms with Gasteiger partial charge in [0.25, 0.3) is 0 Å². The fraction of sp³-hybridized carbons (Fsp3) is 0.867. The zero-order valence-electron chi connectivity index (χ0n) is 11.3. The van der Waals surface area contributed by atoms with Crippen LogP contribution in [0.2, 0.25) is 0 Å². The Morgan fingerprint density at radius 1 is 1.13 bits per heavy atom. The molecule has 1 aliphatic rings. The maximum Gasteiger partial charge on any atom is -0.0320 e. The van der Waals surface area contributed by atoms with Crippen LogP contribution in [0.5, 0.6) is 0 Å². The highest BCUT2D eigenvalue weighted by molar-refractivity contribution is 5.01. The van der Waals surface area contributed by atoms with E-state index in [1.807, 2.05) is 0 Å². The van der Waals surface area contributed by atoms with Crippen LogP contribution in [-0.4, -0.2) is 0 Å². The van der Waals surface area contributed by atoms with E-state index in [1.54, 1.807) is 5.57 Å². The Kier molecular flexibility index (Phi) is 10.1. The van der Waals surface area contributed by atoms with Gasteiger partial charge in [-0.3, -0.25) is 0 Å². The Hall–Kier alpha value is -0.260. The first-order valence-electron chi connectivity index (χ1n) is 6.86. The maximum atomic E-state index is 2.37. The Balaban J connectivity index is 0.000000265. The highest BCUT2D eigenvalue weighted by Gasteiger charge is 2.05. The van der Waals surface area contributed by atoms with Crippen molar-refractivity contribution in [1.82, 2.24) is 0 Å². The Morgan fingerprint density at radius 2 is 1.73 bits per heavy atom. The van der Waals surface area contributed by atoms with Crippen LogP contribution in [-0.2, 0) is 0 Å². The Bertz CT molecular complexity index is 151. The third-order valence-corrected chi connectivity index (χ3v) is 3.11. The monoisotopic (exact) mass is 210 g/mol. The van der Waals surface area contributed by atoms with E-state index in [4.69, 9.17) is 0 Å². The van der Waals surface area contributed by atoms with Crippen molar-refractivity contribution in [2.75, 3.05) is 0 Å². The summed E-state index contributed by atoms with van der Waals surface area (Å²) < 4.78 is 0. The van der Waals surface area contributed by atoms with Gasteiger partial charge in [-0.1, -0.05) is 64.5 Å². The van der Waals surface area contributed by atoms with Crippen molar-refractivity contribution >= 4 is 0 Å². The standard InChI is InChI=1S/C8H14.C7H16/c1-7-3-5-8(2)6-4-7;1-3-5-7-6-4-2/h3,8H,4-6H2,1-2H3;3-7H2,1-2H3. The molecule has 0 spiro atoms. The first kappa shape index (κ1) is 14.7. The molecule has 1 aliphatic carbocycles. The van der Waals surface area contributed by atoms with E-state index in [9.17, 15) is 0 Å². The average Bonchev–Trinajstić information content (AvgIpc) is 2.24. The van der Waals surface area contributed by atoms with E-state index in [2.05, 4.69) is 33.8 Å². The van der Waals surface area contributed by atoms with Gasteiger partial charge in [-0.2, -0.15) is 0 Å². The minimum atomic E-state index is 0.943. The van der Waals surface area contributed by atoms with Crippen LogP contribution in [0.4, 0.5) is 0 Å². The average molecular weight is 210 g/mol. The molecule has 0 nitrogen and oxygen atoms in total. The first-order valence-corrected chi connectivity index (χ1v) is 6.86. The minimum Gasteiger partial charge on any atom is -0.0853 e. The molecule has 1 rings (SSSR count). The molecule has 0 saturated carbocycles. The molecule has 1 unspecified atom stereocenters. The lowest BCUT2D eigenvalue weighted by atomic mass is 9.92. The van der Waals surface area contributed by atoms with Crippen LogP contribution in [0, 0.1) is 5.92 Å². The molecular weight excluding hydrogens is 180 g/mol. The molecule has 0 N–H and O–H groups in total. The van der Waals surface area contributed by atoms with Crippen molar-refractivity contribution in [2.45, 2.75) is 79.1 Å². The molecule has 0 fully saturated rings. The lowest BCUT2D eigenvalue weighted by molar-refractivity contribution is 0.514. The van der Waals surface area contributed by atoms with Gasteiger partial charge in [0.05, 0.1) is 0 Å². The quantitative estimate of drug-likeness (QED) is 0.410. The molecule has 90 valence electrons. The van der Waals surface area contributed by atoms with Gasteiger partial charge in [-0.05, 0) is 32.1 Å². The zero-order chi connectivity index (χ0) is 11.5. The SMILES string of the molecule is CC1=CCC(C)CC1.CCCCCCC. The van der Waals surface area contributed by atoms with Gasteiger partial charge in [0.1, 0.15) is 0 Å². The largest absolute Gasteiger partial charge is 0.0853 e. The summed E-state index contributed by atoms with van der Waals surface area (Å²) in [4.78, 5) is 0. The predicted octanol–water partition coefficient (Wildman–Crippen LogP) is 5.73. The smallest absolute Gasteiger partial charge is 0.0320 e. The van der Waals surface area contributed by atoms with Gasteiger partial charge in [-0.15, -0.1) is 0 Å². The number of allylic oxidation sites excluding steroid dienone is 2. The molecular formula is C15H30. The van der Waals surface area contributed by atoms with Crippen molar-refractivity contribution in [3.05, 3.63) is 11.6 Å². The van der Waals surface area contributed by atoms with E-state index in [-0.39, 0.29) is 0 Å². The lowest BCUT2D eigenvalue weighted by Crippen LogP contribution is -1.98. The number of unbranched alkanes of at least 4 members (excludes halogenated alkanes) is 4. The van der Waals surface area contributed by atoms with Gasteiger partial charge in [0.2, 0.25) is 0 Å². The van der Waals surface area contributed by atoms with Crippen molar-refractivity contribution in [3.63, 3.8) is 0 Å². The van der Waals surface area contributed by atoms with Gasteiger partial charge >= 0.3 is 0 Å². The summed E-state index contributed by atoms with van der Waals surface area (Å²) in [5, 5.41) is 0. The number of hydrogen-bond acceptors (Lipinski definition) is 0. The topological polar surface area (TPSA) is 0 Å². The fourth-order valence-corrected chi connectivity index (χ4v) is 1.77. The molecule has 0 heteroatoms. The molecule has 0 aromatic carbocycles. The molecule has 0 saturated heterocycles. The Morgan fingerprint density at radius 3 is 2.07 bits per heavy atom. The minimum absolute atomic E-state index is 0.943. The van der Waals surface area contributed by atoms with Crippen LogP contribution in [0.1, 0.15) is 79.1 Å². The summed E-state index contributed by atoms with van der Waals surface area (Å²) in [6.45, 7) is 9.04. The van der Waals surface area contributed by atoms with Gasteiger partial charge < -0.3 is 0 Å². The summed E-state index contributed by atoms with van der Waals surface area (Å²) in [7, 11) is 0. The van der Waals surface area contributed by atoms with Crippen LogP contribution >= 0.6 is 0 Å². The molecule has 15 heavy (non-hydrogen) atoms. The van der Waals surface area contributed by atoms with Crippen LogP contribution < -0.4 is 0 Å². The second kappa shape index (κ2) is 10.3. The van der Waals surface area contributed by atoms with E-state index >= 15 is 0 Å². The van der Waals surface area contributed by atoms with Gasteiger partial charge in [0.15, 0.2) is 0 Å². The highest BCUT2D eigenvalue weighted by atomic mass is 14.1. The summed E-state index contributed by atoms with van der Waals surface area (Å²) in [5.74, 6) is 0.943. The normalized spacial score (nSPS) is 20.3. The summed E-state index contributed by atoms with van der Waals surface area (Å²) in [6, 6.07) is 0. The maximum absolute atomic E-state index is 2.37. The molecule has 0 amide bonds. The molecule has 0 heterocycles. The van der Waals surface area contributed by atoms with Crippen molar-refractivity contribution in [2.24, 2.45) is 5.92 Å². The number of hydrogen-bond donors (Lipinski definition) is 0. The van der Waals surface area contributed by atoms with Gasteiger partial charge in [0, 0.05) is 0 Å². The zero-order valence-corrected chi connectivity index (χ0v) is 11.3. The van der Waals surface area contributed by atoms with Crippen molar-refractivity contribution in [1.29, 1.82) is 0 Å². The highest BCUT2D eigenvalue weighted by Crippen LogP contribution is 2.21. The summed E-state index contributed by atoms with van der Waals surface area (Å²) >= 11 is 0. The lowest BCUT2D eigenvalue weighted by Gasteiger charge is -2.14. The molecule has 0 aromatic heterocycles. The summed E-state index contributed by atoms with van der Waals surface area (Å²) in [6.07, 6.45) is 13.4. The molecule has 0 aliphatic heterocycles. The molecule has 0 radical (unpaired) electrons. The summed E-state index contributed by atoms with van der Waals surface area (Å²) in [5.41, 5.74) is 1.59. The van der Waals surface area contributed by atoms with Crippen LogP contribution in [0.25, 0.3) is 0 Å². The predicted molar refractivity (Wildman–Crippen MR) is 71.2 cm³/mol. The van der Waals surface area contributed by atoms with E-state index in [0.717, 1.165) is 5.92 Å². The fourth-order valence-electron chi connectivity index (χ4n) is 1.77. The van der Waals surface area contributed by atoms with Crippen molar-refractivity contribution < 1.29 is 0 Å². The molecule has 0 bridgehead atoms. The van der Waals surface area contributed by atoms with Gasteiger partial charge in [-0.25, -0.2) is 0 Å². The van der Waals surface area contributed by atoms with E-state index in [0.29, 0.717) is 0 Å². The third kappa shape index (κ3) is 10.0. The van der Waals surface area contributed by atoms with Crippen LogP contribution in [0.3, 0.4) is 0 Å². The first-order chi connectivity index (χ1) is 7.20. The van der Waals surface area contributed by atoms with Crippen LogP contribution in [0.15, 0.2) is 11.6 Å². The van der Waals surface area contributed by atoms with Crippen molar-refractivity contribution in [3.8, 4) is 0 Å². The third-order valence-electron chi connectivity index (χ3n) is 3.11. The van der Waals surface area contributed by atoms with E-state index < -0.39 is 0 Å². The Labute approximate surface area is 97.2 Å². The number of rotatable bonds is 4. The van der Waals surface area contributed by atoms with E-state index in [1.165, 1.54) is 51.4 Å². The molecule has 0 aromatic rings.